The van der Waals surface area contributed by atoms with Crippen LogP contribution in [0.5, 0.6) is 0 Å². The van der Waals surface area contributed by atoms with Crippen LogP contribution in [0, 0.1) is 6.92 Å². The molecule has 2 aromatic carbocycles. The van der Waals surface area contributed by atoms with Gasteiger partial charge in [-0.15, -0.1) is 0 Å². The van der Waals surface area contributed by atoms with Crippen molar-refractivity contribution in [3.63, 3.8) is 0 Å². The number of carbonyl (C=O) groups is 4. The highest BCUT2D eigenvalue weighted by Gasteiger charge is 2.38. The number of anilines is 1. The highest BCUT2D eigenvalue weighted by molar-refractivity contribution is 6.34. The standard InChI is InChI=1S/C22H20N2O5/c1-12-5-3-4-6-18(12)24-20(26)16-10-7-14(11-17(16)21(24)27)22(28)29-13(2)19(25)23-15-8-9-15/h3-7,10-11,13,15H,8-9H2,1-2H3,(H,23,25)/t13-/m1/s1. The molecule has 0 unspecified atom stereocenters. The van der Waals surface area contributed by atoms with Crippen LogP contribution in [0.15, 0.2) is 42.5 Å². The number of amides is 3. The number of ether oxygens (including phenoxy) is 1. The van der Waals surface area contributed by atoms with Gasteiger partial charge in [0.1, 0.15) is 0 Å². The highest BCUT2D eigenvalue weighted by atomic mass is 16.5. The second-order valence-corrected chi connectivity index (χ2v) is 7.32. The number of carbonyl (C=O) groups excluding carboxylic acids is 4. The molecule has 1 atom stereocenters. The molecule has 4 rings (SSSR count). The highest BCUT2D eigenvalue weighted by Crippen LogP contribution is 2.31. The molecule has 0 radical (unpaired) electrons. The average molecular weight is 392 g/mol. The van der Waals surface area contributed by atoms with Crippen molar-refractivity contribution in [1.29, 1.82) is 0 Å². The second kappa shape index (κ2) is 7.16. The molecule has 1 aliphatic carbocycles. The minimum Gasteiger partial charge on any atom is -0.449 e. The van der Waals surface area contributed by atoms with Gasteiger partial charge in [-0.05, 0) is 56.5 Å². The van der Waals surface area contributed by atoms with Crippen molar-refractivity contribution in [2.24, 2.45) is 0 Å². The van der Waals surface area contributed by atoms with E-state index in [-0.39, 0.29) is 28.6 Å². The molecule has 29 heavy (non-hydrogen) atoms. The van der Waals surface area contributed by atoms with Gasteiger partial charge in [0.05, 0.1) is 22.4 Å². The molecule has 1 fully saturated rings. The minimum absolute atomic E-state index is 0.114. The summed E-state index contributed by atoms with van der Waals surface area (Å²) in [6, 6.07) is 11.5. The molecule has 0 aromatic heterocycles. The summed E-state index contributed by atoms with van der Waals surface area (Å²) in [5.74, 6) is -2.00. The van der Waals surface area contributed by atoms with E-state index in [1.54, 1.807) is 12.1 Å². The zero-order valence-electron chi connectivity index (χ0n) is 16.1. The Balaban J connectivity index is 1.55. The molecule has 7 nitrogen and oxygen atoms in total. The van der Waals surface area contributed by atoms with E-state index in [9.17, 15) is 19.2 Å². The topological polar surface area (TPSA) is 92.8 Å². The number of rotatable bonds is 5. The Bertz CT molecular complexity index is 1040. The summed E-state index contributed by atoms with van der Waals surface area (Å²) < 4.78 is 5.22. The minimum atomic E-state index is -0.947. The van der Waals surface area contributed by atoms with Crippen LogP contribution < -0.4 is 10.2 Å². The second-order valence-electron chi connectivity index (χ2n) is 7.32. The first-order chi connectivity index (χ1) is 13.9. The molecule has 0 saturated heterocycles. The number of benzene rings is 2. The van der Waals surface area contributed by atoms with Crippen LogP contribution in [-0.4, -0.2) is 35.8 Å². The van der Waals surface area contributed by atoms with Gasteiger partial charge in [-0.2, -0.15) is 0 Å². The smallest absolute Gasteiger partial charge is 0.338 e. The number of para-hydroxylation sites is 1. The lowest BCUT2D eigenvalue weighted by Crippen LogP contribution is -2.37. The van der Waals surface area contributed by atoms with Gasteiger partial charge < -0.3 is 10.1 Å². The molecule has 2 aromatic rings. The van der Waals surface area contributed by atoms with E-state index in [1.165, 1.54) is 25.1 Å². The molecule has 148 valence electrons. The fraction of sp³-hybridized carbons (Fsp3) is 0.273. The first-order valence-electron chi connectivity index (χ1n) is 9.46. The van der Waals surface area contributed by atoms with Crippen molar-refractivity contribution in [2.75, 3.05) is 4.90 Å². The normalized spacial score (nSPS) is 16.4. The lowest BCUT2D eigenvalue weighted by molar-refractivity contribution is -0.129. The third-order valence-electron chi connectivity index (χ3n) is 5.06. The van der Waals surface area contributed by atoms with Gasteiger partial charge in [-0.3, -0.25) is 14.4 Å². The number of aryl methyl sites for hydroxylation is 1. The molecule has 7 heteroatoms. The summed E-state index contributed by atoms with van der Waals surface area (Å²) in [7, 11) is 0. The van der Waals surface area contributed by atoms with Crippen molar-refractivity contribution < 1.29 is 23.9 Å². The predicted octanol–water partition coefficient (Wildman–Crippen LogP) is 2.62. The summed E-state index contributed by atoms with van der Waals surface area (Å²) in [6.45, 7) is 3.31. The van der Waals surface area contributed by atoms with E-state index in [0.29, 0.717) is 5.69 Å². The lowest BCUT2D eigenvalue weighted by Gasteiger charge is -2.16. The Kier molecular flexibility index (Phi) is 4.66. The van der Waals surface area contributed by atoms with Crippen LogP contribution >= 0.6 is 0 Å². The van der Waals surface area contributed by atoms with Gasteiger partial charge >= 0.3 is 5.97 Å². The third-order valence-corrected chi connectivity index (χ3v) is 5.06. The Morgan fingerprint density at radius 1 is 1.07 bits per heavy atom. The summed E-state index contributed by atoms with van der Waals surface area (Å²) in [5, 5.41) is 2.77. The van der Waals surface area contributed by atoms with Crippen molar-refractivity contribution in [2.45, 2.75) is 38.8 Å². The van der Waals surface area contributed by atoms with Crippen LogP contribution in [0.25, 0.3) is 0 Å². The SMILES string of the molecule is Cc1ccccc1N1C(=O)c2ccc(C(=O)O[C@H](C)C(=O)NC3CC3)cc2C1=O. The quantitative estimate of drug-likeness (QED) is 0.624. The molecule has 0 spiro atoms. The maximum absolute atomic E-state index is 12.9. The first-order valence-corrected chi connectivity index (χ1v) is 9.46. The molecular weight excluding hydrogens is 372 g/mol. The molecule has 2 aliphatic rings. The van der Waals surface area contributed by atoms with Gasteiger partial charge in [0.15, 0.2) is 6.10 Å². The van der Waals surface area contributed by atoms with Crippen LogP contribution in [0.3, 0.4) is 0 Å². The van der Waals surface area contributed by atoms with Gasteiger partial charge in [-0.25, -0.2) is 9.69 Å². The van der Waals surface area contributed by atoms with E-state index in [2.05, 4.69) is 5.32 Å². The zero-order chi connectivity index (χ0) is 20.7. The summed E-state index contributed by atoms with van der Waals surface area (Å²) >= 11 is 0. The fourth-order valence-electron chi connectivity index (χ4n) is 3.23. The van der Waals surface area contributed by atoms with Crippen molar-refractivity contribution in [3.8, 4) is 0 Å². The molecular formula is C22H20N2O5. The number of nitrogens with zero attached hydrogens (tertiary/aromatic N) is 1. The van der Waals surface area contributed by atoms with Crippen LogP contribution in [-0.2, 0) is 9.53 Å². The number of esters is 1. The van der Waals surface area contributed by atoms with Gasteiger partial charge in [-0.1, -0.05) is 18.2 Å². The van der Waals surface area contributed by atoms with E-state index in [1.807, 2.05) is 19.1 Å². The van der Waals surface area contributed by atoms with Crippen molar-refractivity contribution in [3.05, 3.63) is 64.7 Å². The van der Waals surface area contributed by atoms with Crippen LogP contribution in [0.1, 0.15) is 56.4 Å². The van der Waals surface area contributed by atoms with Crippen molar-refractivity contribution in [1.82, 2.24) is 5.32 Å². The molecule has 1 heterocycles. The molecule has 1 saturated carbocycles. The monoisotopic (exact) mass is 392 g/mol. The summed E-state index contributed by atoms with van der Waals surface area (Å²) in [5.41, 5.74) is 1.78. The average Bonchev–Trinajstić information content (AvgIpc) is 3.48. The first kappa shape index (κ1) is 18.9. The molecule has 1 aliphatic heterocycles. The Morgan fingerprint density at radius 2 is 1.76 bits per heavy atom. The number of imide groups is 1. The number of fused-ring (bicyclic) bond motifs is 1. The van der Waals surface area contributed by atoms with E-state index >= 15 is 0 Å². The van der Waals surface area contributed by atoms with E-state index in [4.69, 9.17) is 4.74 Å². The van der Waals surface area contributed by atoms with Crippen molar-refractivity contribution >= 4 is 29.4 Å². The van der Waals surface area contributed by atoms with Crippen LogP contribution in [0.2, 0.25) is 0 Å². The number of hydrogen-bond acceptors (Lipinski definition) is 5. The molecule has 3 amide bonds. The van der Waals surface area contributed by atoms with E-state index < -0.39 is 23.9 Å². The van der Waals surface area contributed by atoms with Gasteiger partial charge in [0, 0.05) is 6.04 Å². The third kappa shape index (κ3) is 3.51. The molecule has 1 N–H and O–H groups in total. The Labute approximate surface area is 167 Å². The van der Waals surface area contributed by atoms with Crippen LogP contribution in [0.4, 0.5) is 5.69 Å². The maximum atomic E-state index is 12.9. The zero-order valence-corrected chi connectivity index (χ0v) is 16.1. The Hall–Kier alpha value is -3.48. The van der Waals surface area contributed by atoms with Gasteiger partial charge in [0.2, 0.25) is 0 Å². The summed E-state index contributed by atoms with van der Waals surface area (Å²) in [6.07, 6.45) is 0.923. The molecule has 0 bridgehead atoms. The maximum Gasteiger partial charge on any atom is 0.338 e. The summed E-state index contributed by atoms with van der Waals surface area (Å²) in [4.78, 5) is 51.2. The lowest BCUT2D eigenvalue weighted by atomic mass is 10.1. The van der Waals surface area contributed by atoms with E-state index in [0.717, 1.165) is 23.3 Å². The largest absolute Gasteiger partial charge is 0.449 e. The Morgan fingerprint density at radius 3 is 2.45 bits per heavy atom. The number of hydrogen-bond donors (Lipinski definition) is 1. The predicted molar refractivity (Wildman–Crippen MR) is 105 cm³/mol. The fourth-order valence-corrected chi connectivity index (χ4v) is 3.23. The van der Waals surface area contributed by atoms with Gasteiger partial charge in [0.25, 0.3) is 17.7 Å². The number of nitrogens with one attached hydrogen (secondary N) is 1.